The van der Waals surface area contributed by atoms with Crippen LogP contribution >= 0.6 is 11.3 Å². The molecule has 0 fully saturated rings. The summed E-state index contributed by atoms with van der Waals surface area (Å²) in [6.07, 6.45) is 5.41. The lowest BCUT2D eigenvalue weighted by Gasteiger charge is -2.25. The van der Waals surface area contributed by atoms with Gasteiger partial charge < -0.3 is 5.73 Å². The Balaban J connectivity index is 1.91. The first-order valence-electron chi connectivity index (χ1n) is 5.03. The van der Waals surface area contributed by atoms with Crippen LogP contribution in [0.2, 0.25) is 0 Å². The van der Waals surface area contributed by atoms with Crippen molar-refractivity contribution in [3.8, 4) is 0 Å². The van der Waals surface area contributed by atoms with Gasteiger partial charge in [0.1, 0.15) is 0 Å². The molecule has 2 rings (SSSR count). The average molecular weight is 208 g/mol. The monoisotopic (exact) mass is 208 g/mol. The van der Waals surface area contributed by atoms with E-state index in [9.17, 15) is 0 Å². The van der Waals surface area contributed by atoms with E-state index in [1.165, 1.54) is 18.5 Å². The van der Waals surface area contributed by atoms with Gasteiger partial charge in [-0.15, -0.1) is 11.3 Å². The number of fused-ring (bicyclic) bond motifs is 1. The summed E-state index contributed by atoms with van der Waals surface area (Å²) in [6.45, 7) is 3.97. The molecule has 0 saturated heterocycles. The van der Waals surface area contributed by atoms with Gasteiger partial charge in [-0.3, -0.25) is 4.90 Å². The van der Waals surface area contributed by atoms with Crippen molar-refractivity contribution in [2.45, 2.75) is 13.0 Å². The molecule has 0 saturated carbocycles. The van der Waals surface area contributed by atoms with Crippen molar-refractivity contribution in [3.05, 3.63) is 34.0 Å². The van der Waals surface area contributed by atoms with Gasteiger partial charge in [-0.2, -0.15) is 0 Å². The van der Waals surface area contributed by atoms with Crippen LogP contribution in [0, 0.1) is 0 Å². The molecule has 2 heterocycles. The van der Waals surface area contributed by atoms with E-state index in [4.69, 9.17) is 5.73 Å². The molecule has 0 aromatic carbocycles. The molecule has 1 aliphatic heterocycles. The van der Waals surface area contributed by atoms with Crippen LogP contribution in [0.3, 0.4) is 0 Å². The number of hydrogen-bond acceptors (Lipinski definition) is 3. The van der Waals surface area contributed by atoms with Crippen LogP contribution in [0.15, 0.2) is 23.6 Å². The summed E-state index contributed by atoms with van der Waals surface area (Å²) in [5, 5.41) is 2.20. The van der Waals surface area contributed by atoms with Gasteiger partial charge in [-0.1, -0.05) is 12.2 Å². The number of nitrogens with two attached hydrogens (primary N) is 1. The van der Waals surface area contributed by atoms with E-state index in [1.807, 2.05) is 17.4 Å². The van der Waals surface area contributed by atoms with Crippen LogP contribution < -0.4 is 5.73 Å². The topological polar surface area (TPSA) is 29.3 Å². The Labute approximate surface area is 89.0 Å². The highest BCUT2D eigenvalue weighted by Crippen LogP contribution is 2.23. The lowest BCUT2D eigenvalue weighted by molar-refractivity contribution is 0.284. The van der Waals surface area contributed by atoms with Crippen molar-refractivity contribution in [1.82, 2.24) is 4.90 Å². The third-order valence-corrected chi connectivity index (χ3v) is 3.58. The molecule has 1 aliphatic rings. The van der Waals surface area contributed by atoms with E-state index >= 15 is 0 Å². The van der Waals surface area contributed by atoms with Crippen LogP contribution in [0.5, 0.6) is 0 Å². The summed E-state index contributed by atoms with van der Waals surface area (Å²) in [6, 6.07) is 2.25. The molecule has 0 amide bonds. The molecule has 1 aromatic rings. The first-order chi connectivity index (χ1) is 6.90. The molecule has 0 unspecified atom stereocenters. The second-order valence-electron chi connectivity index (χ2n) is 3.56. The molecular formula is C11H16N2S. The predicted molar refractivity (Wildman–Crippen MR) is 61.5 cm³/mol. The standard InChI is InChI=1S/C11H16N2S/c12-5-1-2-6-13-7-3-11-10(9-13)4-8-14-11/h1-2,4,8H,3,5-7,9,12H2. The Morgan fingerprint density at radius 1 is 1.50 bits per heavy atom. The van der Waals surface area contributed by atoms with Crippen LogP contribution in [0.4, 0.5) is 0 Å². The second-order valence-corrected chi connectivity index (χ2v) is 4.56. The minimum Gasteiger partial charge on any atom is -0.327 e. The maximum atomic E-state index is 5.40. The van der Waals surface area contributed by atoms with Crippen molar-refractivity contribution in [3.63, 3.8) is 0 Å². The first-order valence-corrected chi connectivity index (χ1v) is 5.91. The fourth-order valence-electron chi connectivity index (χ4n) is 1.78. The van der Waals surface area contributed by atoms with E-state index in [0.29, 0.717) is 6.54 Å². The van der Waals surface area contributed by atoms with Crippen molar-refractivity contribution >= 4 is 11.3 Å². The predicted octanol–water partition coefficient (Wildman–Crippen LogP) is 1.62. The molecule has 2 N–H and O–H groups in total. The molecule has 0 atom stereocenters. The zero-order valence-corrected chi connectivity index (χ0v) is 9.09. The third kappa shape index (κ3) is 2.23. The van der Waals surface area contributed by atoms with Gasteiger partial charge in [0.25, 0.3) is 0 Å². The molecule has 0 bridgehead atoms. The van der Waals surface area contributed by atoms with Gasteiger partial charge in [0.15, 0.2) is 0 Å². The molecular weight excluding hydrogens is 192 g/mol. The van der Waals surface area contributed by atoms with Gasteiger partial charge in [0.2, 0.25) is 0 Å². The SMILES string of the molecule is NCC=CCN1CCc2sccc2C1. The highest BCUT2D eigenvalue weighted by molar-refractivity contribution is 7.10. The van der Waals surface area contributed by atoms with E-state index in [2.05, 4.69) is 22.4 Å². The number of thiophene rings is 1. The molecule has 0 spiro atoms. The van der Waals surface area contributed by atoms with Crippen molar-refractivity contribution < 1.29 is 0 Å². The van der Waals surface area contributed by atoms with Gasteiger partial charge in [0.05, 0.1) is 0 Å². The fraction of sp³-hybridized carbons (Fsp3) is 0.455. The summed E-state index contributed by atoms with van der Waals surface area (Å²) in [5.41, 5.74) is 6.92. The first kappa shape index (κ1) is 9.90. The summed E-state index contributed by atoms with van der Waals surface area (Å²) < 4.78 is 0. The van der Waals surface area contributed by atoms with Crippen molar-refractivity contribution in [2.75, 3.05) is 19.6 Å². The Morgan fingerprint density at radius 2 is 2.43 bits per heavy atom. The van der Waals surface area contributed by atoms with Crippen molar-refractivity contribution in [2.24, 2.45) is 5.73 Å². The lowest BCUT2D eigenvalue weighted by Crippen LogP contribution is -2.29. The molecule has 2 nitrogen and oxygen atoms in total. The summed E-state index contributed by atoms with van der Waals surface area (Å²) >= 11 is 1.89. The normalized spacial score (nSPS) is 17.5. The maximum absolute atomic E-state index is 5.40. The van der Waals surface area contributed by atoms with Gasteiger partial charge in [0, 0.05) is 31.1 Å². The molecule has 76 valence electrons. The van der Waals surface area contributed by atoms with Gasteiger partial charge >= 0.3 is 0 Å². The molecule has 0 aliphatic carbocycles. The van der Waals surface area contributed by atoms with Crippen LogP contribution in [-0.2, 0) is 13.0 Å². The Bertz CT molecular complexity index is 317. The van der Waals surface area contributed by atoms with E-state index < -0.39 is 0 Å². The quantitative estimate of drug-likeness (QED) is 0.765. The third-order valence-electron chi connectivity index (χ3n) is 2.55. The summed E-state index contributed by atoms with van der Waals surface area (Å²) in [7, 11) is 0. The summed E-state index contributed by atoms with van der Waals surface area (Å²) in [5.74, 6) is 0. The average Bonchev–Trinajstić information content (AvgIpc) is 2.65. The molecule has 0 radical (unpaired) electrons. The summed E-state index contributed by atoms with van der Waals surface area (Å²) in [4.78, 5) is 4.03. The van der Waals surface area contributed by atoms with Crippen LogP contribution in [0.1, 0.15) is 10.4 Å². The number of hydrogen-bond donors (Lipinski definition) is 1. The Hall–Kier alpha value is -0.640. The van der Waals surface area contributed by atoms with Crippen molar-refractivity contribution in [1.29, 1.82) is 0 Å². The zero-order chi connectivity index (χ0) is 9.80. The van der Waals surface area contributed by atoms with Gasteiger partial charge in [-0.05, 0) is 23.4 Å². The largest absolute Gasteiger partial charge is 0.327 e. The van der Waals surface area contributed by atoms with E-state index in [1.54, 1.807) is 4.88 Å². The minimum atomic E-state index is 0.650. The minimum absolute atomic E-state index is 0.650. The van der Waals surface area contributed by atoms with Gasteiger partial charge in [-0.25, -0.2) is 0 Å². The Kier molecular flexibility index (Phi) is 3.35. The molecule has 3 heteroatoms. The lowest BCUT2D eigenvalue weighted by atomic mass is 10.1. The van der Waals surface area contributed by atoms with Crippen LogP contribution in [-0.4, -0.2) is 24.5 Å². The molecule has 1 aromatic heterocycles. The Morgan fingerprint density at radius 3 is 3.29 bits per heavy atom. The highest BCUT2D eigenvalue weighted by atomic mass is 32.1. The zero-order valence-electron chi connectivity index (χ0n) is 8.28. The number of rotatable bonds is 3. The van der Waals surface area contributed by atoms with E-state index in [0.717, 1.165) is 13.1 Å². The second kappa shape index (κ2) is 4.73. The maximum Gasteiger partial charge on any atom is 0.0248 e. The highest BCUT2D eigenvalue weighted by Gasteiger charge is 2.15. The number of nitrogens with zero attached hydrogens (tertiary/aromatic N) is 1. The fourth-order valence-corrected chi connectivity index (χ4v) is 2.67. The van der Waals surface area contributed by atoms with Crippen LogP contribution in [0.25, 0.3) is 0 Å². The van der Waals surface area contributed by atoms with E-state index in [-0.39, 0.29) is 0 Å². The molecule has 14 heavy (non-hydrogen) atoms. The smallest absolute Gasteiger partial charge is 0.0248 e.